The smallest absolute Gasteiger partial charge is 0.337 e. The first-order valence-electron chi connectivity index (χ1n) is 6.38. The molecule has 0 bridgehead atoms. The summed E-state index contributed by atoms with van der Waals surface area (Å²) in [5, 5.41) is 11.9. The van der Waals surface area contributed by atoms with Crippen molar-refractivity contribution in [3.05, 3.63) is 29.6 Å². The molecule has 0 fully saturated rings. The third-order valence-corrected chi connectivity index (χ3v) is 3.12. The number of hydrogen-bond donors (Lipinski definition) is 2. The van der Waals surface area contributed by atoms with Crippen molar-refractivity contribution in [1.82, 2.24) is 14.9 Å². The summed E-state index contributed by atoms with van der Waals surface area (Å²) < 4.78 is 1.68. The average molecular weight is 275 g/mol. The first-order chi connectivity index (χ1) is 9.45. The highest BCUT2D eigenvalue weighted by Crippen LogP contribution is 2.24. The van der Waals surface area contributed by atoms with Gasteiger partial charge in [-0.05, 0) is 12.1 Å². The van der Waals surface area contributed by atoms with Gasteiger partial charge in [-0.1, -0.05) is 19.9 Å². The number of carbonyl (C=O) groups excluding carboxylic acids is 1. The van der Waals surface area contributed by atoms with E-state index in [1.54, 1.807) is 23.7 Å². The van der Waals surface area contributed by atoms with Gasteiger partial charge in [-0.3, -0.25) is 4.79 Å². The van der Waals surface area contributed by atoms with Crippen LogP contribution in [-0.2, 0) is 11.3 Å². The molecule has 106 valence electrons. The molecule has 6 nitrogen and oxygen atoms in total. The summed E-state index contributed by atoms with van der Waals surface area (Å²) in [7, 11) is 1.55. The van der Waals surface area contributed by atoms with Crippen LogP contribution in [0.4, 0.5) is 0 Å². The van der Waals surface area contributed by atoms with Gasteiger partial charge in [-0.25, -0.2) is 9.78 Å². The molecular weight excluding hydrogens is 258 g/mol. The normalized spacial score (nSPS) is 11.0. The summed E-state index contributed by atoms with van der Waals surface area (Å²) in [4.78, 5) is 27.5. The summed E-state index contributed by atoms with van der Waals surface area (Å²) >= 11 is 0. The minimum atomic E-state index is -1.02. The lowest BCUT2D eigenvalue weighted by Crippen LogP contribution is -2.25. The Balaban J connectivity index is 2.74. The molecule has 0 unspecified atom stereocenters. The Kier molecular flexibility index (Phi) is 3.74. The first-order valence-corrected chi connectivity index (χ1v) is 6.38. The number of likely N-dealkylation sites (N-methyl/N-ethyl adjacent to an activating group) is 1. The number of hydrogen-bond acceptors (Lipinski definition) is 3. The van der Waals surface area contributed by atoms with Gasteiger partial charge in [0.2, 0.25) is 5.91 Å². The fourth-order valence-corrected chi connectivity index (χ4v) is 2.20. The van der Waals surface area contributed by atoms with E-state index in [0.29, 0.717) is 16.9 Å². The zero-order chi connectivity index (χ0) is 14.9. The molecule has 1 heterocycles. The molecule has 0 aliphatic carbocycles. The van der Waals surface area contributed by atoms with Crippen LogP contribution in [0.1, 0.15) is 35.9 Å². The van der Waals surface area contributed by atoms with Crippen molar-refractivity contribution in [2.45, 2.75) is 26.3 Å². The second kappa shape index (κ2) is 5.32. The Hall–Kier alpha value is -2.37. The zero-order valence-corrected chi connectivity index (χ0v) is 11.7. The maximum atomic E-state index is 11.7. The Morgan fingerprint density at radius 2 is 2.10 bits per heavy atom. The molecule has 0 aliphatic rings. The summed E-state index contributed by atoms with van der Waals surface area (Å²) in [6, 6.07) is 4.94. The van der Waals surface area contributed by atoms with Crippen molar-refractivity contribution in [1.29, 1.82) is 0 Å². The van der Waals surface area contributed by atoms with Crippen molar-refractivity contribution in [3.63, 3.8) is 0 Å². The molecule has 0 atom stereocenters. The van der Waals surface area contributed by atoms with Crippen LogP contribution in [0.5, 0.6) is 0 Å². The third kappa shape index (κ3) is 2.36. The number of para-hydroxylation sites is 1. The molecule has 0 saturated heterocycles. The largest absolute Gasteiger partial charge is 0.478 e. The highest BCUT2D eigenvalue weighted by Gasteiger charge is 2.20. The van der Waals surface area contributed by atoms with Crippen molar-refractivity contribution < 1.29 is 14.7 Å². The Labute approximate surface area is 116 Å². The number of aromatic nitrogens is 2. The predicted octanol–water partition coefficient (Wildman–Crippen LogP) is 1.60. The topological polar surface area (TPSA) is 84.2 Å². The van der Waals surface area contributed by atoms with Gasteiger partial charge in [-0.15, -0.1) is 0 Å². The number of fused-ring (bicyclic) bond motifs is 1. The number of carboxylic acid groups (broad SMARTS) is 1. The number of nitrogens with zero attached hydrogens (tertiary/aromatic N) is 2. The van der Waals surface area contributed by atoms with Crippen molar-refractivity contribution in [2.75, 3.05) is 7.05 Å². The molecule has 2 N–H and O–H groups in total. The highest BCUT2D eigenvalue weighted by atomic mass is 16.4. The molecule has 2 rings (SSSR count). The number of aromatic carboxylic acids is 1. The Bertz CT molecular complexity index is 674. The molecule has 2 aromatic rings. The maximum absolute atomic E-state index is 11.7. The van der Waals surface area contributed by atoms with E-state index >= 15 is 0 Å². The van der Waals surface area contributed by atoms with E-state index < -0.39 is 5.97 Å². The zero-order valence-electron chi connectivity index (χ0n) is 11.7. The van der Waals surface area contributed by atoms with Crippen LogP contribution in [0, 0.1) is 0 Å². The lowest BCUT2D eigenvalue weighted by molar-refractivity contribution is -0.121. The van der Waals surface area contributed by atoms with E-state index in [1.165, 1.54) is 6.07 Å². The fourth-order valence-electron chi connectivity index (χ4n) is 2.20. The van der Waals surface area contributed by atoms with Crippen LogP contribution in [0.15, 0.2) is 18.2 Å². The van der Waals surface area contributed by atoms with E-state index in [0.717, 1.165) is 0 Å². The lowest BCUT2D eigenvalue weighted by Gasteiger charge is -2.11. The number of nitrogens with one attached hydrogen (secondary N) is 1. The van der Waals surface area contributed by atoms with E-state index in [2.05, 4.69) is 10.3 Å². The molecule has 20 heavy (non-hydrogen) atoms. The summed E-state index contributed by atoms with van der Waals surface area (Å²) in [5.41, 5.74) is 1.25. The summed E-state index contributed by atoms with van der Waals surface area (Å²) in [6.07, 6.45) is 0. The number of imidazole rings is 1. The fraction of sp³-hybridized carbons (Fsp3) is 0.357. The highest BCUT2D eigenvalue weighted by molar-refractivity contribution is 6.01. The number of benzene rings is 1. The molecule has 1 amide bonds. The molecule has 0 spiro atoms. The van der Waals surface area contributed by atoms with Gasteiger partial charge in [0.05, 0.1) is 16.6 Å². The van der Waals surface area contributed by atoms with Crippen LogP contribution in [-0.4, -0.2) is 33.6 Å². The van der Waals surface area contributed by atoms with Crippen molar-refractivity contribution >= 4 is 22.9 Å². The van der Waals surface area contributed by atoms with Crippen LogP contribution in [0.25, 0.3) is 11.0 Å². The molecule has 6 heteroatoms. The van der Waals surface area contributed by atoms with Crippen LogP contribution in [0.2, 0.25) is 0 Å². The lowest BCUT2D eigenvalue weighted by atomic mass is 10.2. The average Bonchev–Trinajstić information content (AvgIpc) is 2.77. The molecule has 1 aromatic heterocycles. The van der Waals surface area contributed by atoms with Gasteiger partial charge in [0, 0.05) is 13.0 Å². The van der Waals surface area contributed by atoms with Crippen LogP contribution >= 0.6 is 0 Å². The van der Waals surface area contributed by atoms with Gasteiger partial charge in [-0.2, -0.15) is 0 Å². The minimum Gasteiger partial charge on any atom is -0.478 e. The van der Waals surface area contributed by atoms with E-state index in [9.17, 15) is 14.7 Å². The number of amides is 1. The van der Waals surface area contributed by atoms with E-state index in [1.807, 2.05) is 13.8 Å². The second-order valence-electron chi connectivity index (χ2n) is 4.86. The van der Waals surface area contributed by atoms with Crippen LogP contribution < -0.4 is 5.32 Å². The van der Waals surface area contributed by atoms with Gasteiger partial charge >= 0.3 is 5.97 Å². The van der Waals surface area contributed by atoms with E-state index in [-0.39, 0.29) is 23.9 Å². The number of carbonyl (C=O) groups is 2. The van der Waals surface area contributed by atoms with Crippen molar-refractivity contribution in [3.8, 4) is 0 Å². The number of rotatable bonds is 4. The summed E-state index contributed by atoms with van der Waals surface area (Å²) in [5.74, 6) is -0.415. The molecule has 0 saturated carbocycles. The molecule has 0 aliphatic heterocycles. The Morgan fingerprint density at radius 3 is 2.65 bits per heavy atom. The third-order valence-electron chi connectivity index (χ3n) is 3.12. The Morgan fingerprint density at radius 1 is 1.40 bits per heavy atom. The van der Waals surface area contributed by atoms with Crippen molar-refractivity contribution in [2.24, 2.45) is 0 Å². The molecule has 1 aromatic carbocycles. The van der Waals surface area contributed by atoms with Gasteiger partial charge in [0.15, 0.2) is 0 Å². The standard InChI is InChI=1S/C14H17N3O3/c1-8(2)13-16-10-6-4-5-9(14(19)20)12(10)17(13)7-11(18)15-3/h4-6,8H,7H2,1-3H3,(H,15,18)(H,19,20). The maximum Gasteiger partial charge on any atom is 0.337 e. The SMILES string of the molecule is CNC(=O)Cn1c(C(C)C)nc2cccc(C(=O)O)c21. The van der Waals surface area contributed by atoms with Crippen LogP contribution in [0.3, 0.4) is 0 Å². The van der Waals surface area contributed by atoms with E-state index in [4.69, 9.17) is 0 Å². The van der Waals surface area contributed by atoms with Gasteiger partial charge < -0.3 is 15.0 Å². The predicted molar refractivity (Wildman–Crippen MR) is 74.8 cm³/mol. The second-order valence-corrected chi connectivity index (χ2v) is 4.86. The minimum absolute atomic E-state index is 0.0603. The summed E-state index contributed by atoms with van der Waals surface area (Å²) in [6.45, 7) is 3.98. The molecule has 0 radical (unpaired) electrons. The quantitative estimate of drug-likeness (QED) is 0.887. The first kappa shape index (κ1) is 14.0. The van der Waals surface area contributed by atoms with Gasteiger partial charge in [0.1, 0.15) is 12.4 Å². The number of carboxylic acids is 1. The van der Waals surface area contributed by atoms with Gasteiger partial charge in [0.25, 0.3) is 0 Å². The monoisotopic (exact) mass is 275 g/mol. The molecular formula is C14H17N3O3.